The van der Waals surface area contributed by atoms with Gasteiger partial charge >= 0.3 is 6.03 Å². The Bertz CT molecular complexity index is 425. The summed E-state index contributed by atoms with van der Waals surface area (Å²) < 4.78 is 22.1. The molecule has 0 spiro atoms. The van der Waals surface area contributed by atoms with Crippen molar-refractivity contribution in [3.8, 4) is 0 Å². The van der Waals surface area contributed by atoms with Gasteiger partial charge in [0.25, 0.3) is 0 Å². The fourth-order valence-electron chi connectivity index (χ4n) is 1.98. The zero-order valence-electron chi connectivity index (χ0n) is 12.4. The van der Waals surface area contributed by atoms with Crippen molar-refractivity contribution in [2.45, 2.75) is 51.2 Å². The molecule has 2 N–H and O–H groups in total. The Kier molecular flexibility index (Phi) is 4.87. The first kappa shape index (κ1) is 16.3. The van der Waals surface area contributed by atoms with Gasteiger partial charge in [0.1, 0.15) is 0 Å². The summed E-state index contributed by atoms with van der Waals surface area (Å²) in [5, 5.41) is 5.49. The molecule has 0 bridgehead atoms. The third-order valence-corrected chi connectivity index (χ3v) is 6.19. The lowest BCUT2D eigenvalue weighted by Crippen LogP contribution is -2.47. The van der Waals surface area contributed by atoms with Crippen LogP contribution < -0.4 is 10.6 Å². The van der Waals surface area contributed by atoms with Crippen molar-refractivity contribution in [1.82, 2.24) is 10.6 Å². The molecule has 1 saturated carbocycles. The minimum atomic E-state index is -3.18. The number of hydrogen-bond acceptors (Lipinski definition) is 3. The van der Waals surface area contributed by atoms with E-state index in [0.29, 0.717) is 12.0 Å². The quantitative estimate of drug-likeness (QED) is 0.749. The number of nitrogens with one attached hydrogen (secondary N) is 2. The lowest BCUT2D eigenvalue weighted by Gasteiger charge is -2.23. The first-order valence-corrected chi connectivity index (χ1v) is 8.72. The average molecular weight is 290 g/mol. The zero-order valence-corrected chi connectivity index (χ0v) is 13.2. The van der Waals surface area contributed by atoms with E-state index in [-0.39, 0.29) is 12.6 Å². The molecule has 0 aromatic rings. The van der Waals surface area contributed by atoms with Crippen LogP contribution in [0.5, 0.6) is 0 Å². The number of sulfone groups is 1. The highest BCUT2D eigenvalue weighted by Gasteiger charge is 2.41. The van der Waals surface area contributed by atoms with Crippen LogP contribution in [-0.4, -0.2) is 38.5 Å². The maximum absolute atomic E-state index is 11.7. The second kappa shape index (κ2) is 5.69. The SMILES string of the molecule is CCCC1(CNC(=O)NCC(C)(C)S(C)(=O)=O)CC1. The molecule has 0 aromatic carbocycles. The summed E-state index contributed by atoms with van der Waals surface area (Å²) >= 11 is 0. The van der Waals surface area contributed by atoms with E-state index >= 15 is 0 Å². The number of carbonyl (C=O) groups is 1. The number of amides is 2. The Hall–Kier alpha value is -0.780. The molecule has 1 fully saturated rings. The van der Waals surface area contributed by atoms with Crippen LogP contribution >= 0.6 is 0 Å². The molecule has 1 rings (SSSR count). The Labute approximate surface area is 116 Å². The average Bonchev–Trinajstić information content (AvgIpc) is 3.03. The van der Waals surface area contributed by atoms with Gasteiger partial charge in [0.05, 0.1) is 4.75 Å². The maximum Gasteiger partial charge on any atom is 0.314 e. The normalized spacial score (nSPS) is 17.9. The summed E-state index contributed by atoms with van der Waals surface area (Å²) in [6.07, 6.45) is 5.81. The van der Waals surface area contributed by atoms with E-state index in [4.69, 9.17) is 0 Å². The minimum Gasteiger partial charge on any atom is -0.338 e. The predicted octanol–water partition coefficient (Wildman–Crippen LogP) is 1.69. The van der Waals surface area contributed by atoms with Gasteiger partial charge in [-0.2, -0.15) is 0 Å². The molecule has 0 aromatic heterocycles. The van der Waals surface area contributed by atoms with Crippen LogP contribution in [0, 0.1) is 5.41 Å². The largest absolute Gasteiger partial charge is 0.338 e. The van der Waals surface area contributed by atoms with Crippen LogP contribution in [0.4, 0.5) is 4.79 Å². The highest BCUT2D eigenvalue weighted by Crippen LogP contribution is 2.48. The second-order valence-electron chi connectivity index (χ2n) is 6.32. The van der Waals surface area contributed by atoms with E-state index in [1.54, 1.807) is 13.8 Å². The Morgan fingerprint density at radius 3 is 2.26 bits per heavy atom. The van der Waals surface area contributed by atoms with Crippen LogP contribution in [0.15, 0.2) is 0 Å². The Balaban J connectivity index is 2.33. The van der Waals surface area contributed by atoms with E-state index in [1.165, 1.54) is 19.1 Å². The molecule has 1 aliphatic carbocycles. The minimum absolute atomic E-state index is 0.123. The lowest BCUT2D eigenvalue weighted by molar-refractivity contribution is 0.236. The van der Waals surface area contributed by atoms with Gasteiger partial charge in [-0.15, -0.1) is 0 Å². The second-order valence-corrected chi connectivity index (χ2v) is 8.97. The van der Waals surface area contributed by atoms with Gasteiger partial charge in [0.15, 0.2) is 9.84 Å². The summed E-state index contributed by atoms with van der Waals surface area (Å²) in [4.78, 5) is 11.7. The standard InChI is InChI=1S/C13H26N2O3S/c1-5-6-13(7-8-13)10-15-11(16)14-9-12(2,3)19(4,17)18/h5-10H2,1-4H3,(H2,14,15,16). The third-order valence-electron chi connectivity index (χ3n) is 4.04. The van der Waals surface area contributed by atoms with E-state index in [9.17, 15) is 13.2 Å². The van der Waals surface area contributed by atoms with Gasteiger partial charge < -0.3 is 10.6 Å². The number of hydrogen-bond donors (Lipinski definition) is 2. The van der Waals surface area contributed by atoms with Crippen LogP contribution in [0.2, 0.25) is 0 Å². The summed E-state index contributed by atoms with van der Waals surface area (Å²) in [6, 6.07) is -0.279. The molecule has 0 heterocycles. The van der Waals surface area contributed by atoms with Gasteiger partial charge in [-0.05, 0) is 38.5 Å². The fourth-order valence-corrected chi connectivity index (χ4v) is 2.31. The zero-order chi connectivity index (χ0) is 14.7. The summed E-state index contributed by atoms with van der Waals surface area (Å²) in [5.74, 6) is 0. The number of urea groups is 1. The van der Waals surface area contributed by atoms with Crippen molar-refractivity contribution >= 4 is 15.9 Å². The van der Waals surface area contributed by atoms with Crippen LogP contribution in [0.1, 0.15) is 46.5 Å². The molecule has 0 radical (unpaired) electrons. The van der Waals surface area contributed by atoms with Crippen molar-refractivity contribution in [2.75, 3.05) is 19.3 Å². The van der Waals surface area contributed by atoms with Crippen molar-refractivity contribution in [3.63, 3.8) is 0 Å². The Morgan fingerprint density at radius 1 is 1.26 bits per heavy atom. The van der Waals surface area contributed by atoms with E-state index in [1.807, 2.05) is 0 Å². The van der Waals surface area contributed by atoms with Crippen molar-refractivity contribution < 1.29 is 13.2 Å². The van der Waals surface area contributed by atoms with E-state index in [2.05, 4.69) is 17.6 Å². The van der Waals surface area contributed by atoms with Crippen LogP contribution in [0.25, 0.3) is 0 Å². The van der Waals surface area contributed by atoms with Gasteiger partial charge in [-0.1, -0.05) is 13.3 Å². The van der Waals surface area contributed by atoms with Gasteiger partial charge in [-0.25, -0.2) is 13.2 Å². The molecule has 0 atom stereocenters. The van der Waals surface area contributed by atoms with Crippen LogP contribution in [-0.2, 0) is 9.84 Å². The molecular weight excluding hydrogens is 264 g/mol. The van der Waals surface area contributed by atoms with Gasteiger partial charge in [-0.3, -0.25) is 0 Å². The number of rotatable bonds is 7. The van der Waals surface area contributed by atoms with Crippen molar-refractivity contribution in [3.05, 3.63) is 0 Å². The molecule has 0 unspecified atom stereocenters. The fraction of sp³-hybridized carbons (Fsp3) is 0.923. The maximum atomic E-state index is 11.7. The van der Waals surface area contributed by atoms with Crippen molar-refractivity contribution in [2.24, 2.45) is 5.41 Å². The first-order chi connectivity index (χ1) is 8.62. The summed E-state index contributed by atoms with van der Waals surface area (Å²) in [7, 11) is -3.18. The molecule has 2 amide bonds. The third kappa shape index (κ3) is 4.67. The topological polar surface area (TPSA) is 75.3 Å². The van der Waals surface area contributed by atoms with E-state index in [0.717, 1.165) is 12.8 Å². The van der Waals surface area contributed by atoms with Gasteiger partial charge in [0.2, 0.25) is 0 Å². The number of carbonyl (C=O) groups excluding carboxylic acids is 1. The predicted molar refractivity (Wildman–Crippen MR) is 76.9 cm³/mol. The molecule has 0 aliphatic heterocycles. The van der Waals surface area contributed by atoms with Crippen LogP contribution in [0.3, 0.4) is 0 Å². The molecule has 6 heteroatoms. The highest BCUT2D eigenvalue weighted by atomic mass is 32.2. The molecule has 1 aliphatic rings. The van der Waals surface area contributed by atoms with Gasteiger partial charge in [0, 0.05) is 19.3 Å². The molecule has 112 valence electrons. The monoisotopic (exact) mass is 290 g/mol. The molecule has 5 nitrogen and oxygen atoms in total. The summed E-state index contributed by atoms with van der Waals surface area (Å²) in [5.41, 5.74) is 0.304. The Morgan fingerprint density at radius 2 is 1.84 bits per heavy atom. The molecular formula is C13H26N2O3S. The molecule has 0 saturated heterocycles. The first-order valence-electron chi connectivity index (χ1n) is 6.83. The molecule has 19 heavy (non-hydrogen) atoms. The van der Waals surface area contributed by atoms with Crippen molar-refractivity contribution in [1.29, 1.82) is 0 Å². The van der Waals surface area contributed by atoms with E-state index < -0.39 is 14.6 Å². The smallest absolute Gasteiger partial charge is 0.314 e. The lowest BCUT2D eigenvalue weighted by atomic mass is 10.0. The highest BCUT2D eigenvalue weighted by molar-refractivity contribution is 7.92. The summed E-state index contributed by atoms with van der Waals surface area (Å²) in [6.45, 7) is 6.18.